The maximum atomic E-state index is 13.3. The van der Waals surface area contributed by atoms with Crippen molar-refractivity contribution in [2.45, 2.75) is 70.3 Å². The van der Waals surface area contributed by atoms with Gasteiger partial charge in [-0.05, 0) is 37.5 Å². The largest absolute Gasteiger partial charge is 0.493 e. The van der Waals surface area contributed by atoms with Crippen molar-refractivity contribution in [3.05, 3.63) is 34.1 Å². The van der Waals surface area contributed by atoms with Crippen LogP contribution in [-0.4, -0.2) is 42.8 Å². The molecule has 3 rings (SSSR count). The van der Waals surface area contributed by atoms with Crippen molar-refractivity contribution >= 4 is 22.8 Å². The average Bonchev–Trinajstić information content (AvgIpc) is 3.09. The number of methoxy groups -OCH3 is 2. The van der Waals surface area contributed by atoms with E-state index < -0.39 is 23.0 Å². The number of unbranched alkanes of at least 4 members (excludes halogenated alkanes) is 2. The van der Waals surface area contributed by atoms with Crippen molar-refractivity contribution in [1.82, 2.24) is 9.88 Å². The van der Waals surface area contributed by atoms with E-state index in [1.807, 2.05) is 0 Å². The Kier molecular flexibility index (Phi) is 8.58. The van der Waals surface area contributed by atoms with Gasteiger partial charge < -0.3 is 24.1 Å². The lowest BCUT2D eigenvalue weighted by Crippen LogP contribution is -2.55. The summed E-state index contributed by atoms with van der Waals surface area (Å²) in [5, 5.41) is 3.55. The third kappa shape index (κ3) is 5.21. The molecule has 0 bridgehead atoms. The van der Waals surface area contributed by atoms with Gasteiger partial charge in [0.15, 0.2) is 11.5 Å². The van der Waals surface area contributed by atoms with E-state index in [-0.39, 0.29) is 5.56 Å². The number of nitrogens with zero attached hydrogens (tertiary/aromatic N) is 1. The Morgan fingerprint density at radius 1 is 1.09 bits per heavy atom. The van der Waals surface area contributed by atoms with Crippen molar-refractivity contribution < 1.29 is 23.8 Å². The van der Waals surface area contributed by atoms with Crippen LogP contribution in [0, 0.1) is 0 Å². The normalized spacial score (nSPS) is 15.4. The minimum absolute atomic E-state index is 0.0235. The number of carbonyl (C=O) groups is 2. The van der Waals surface area contributed by atoms with Crippen molar-refractivity contribution in [1.29, 1.82) is 0 Å². The zero-order valence-corrected chi connectivity index (χ0v) is 20.7. The fraction of sp³-hybridized carbons (Fsp3) is 0.577. The number of carbonyl (C=O) groups excluding carboxylic acids is 2. The van der Waals surface area contributed by atoms with Gasteiger partial charge in [-0.25, -0.2) is 4.79 Å². The number of ether oxygens (including phenoxy) is 3. The quantitative estimate of drug-likeness (QED) is 0.335. The molecule has 0 radical (unpaired) electrons. The Morgan fingerprint density at radius 3 is 2.41 bits per heavy atom. The molecule has 1 aromatic heterocycles. The fourth-order valence-corrected chi connectivity index (χ4v) is 4.71. The summed E-state index contributed by atoms with van der Waals surface area (Å²) in [4.78, 5) is 39.3. The molecule has 8 nitrogen and oxygen atoms in total. The Bertz CT molecular complexity index is 1080. The molecule has 0 spiro atoms. The molecule has 0 aliphatic heterocycles. The second-order valence-corrected chi connectivity index (χ2v) is 8.95. The number of amides is 1. The molecule has 1 aliphatic carbocycles. The Balaban J connectivity index is 2.01. The standard InChI is InChI=1S/C26H36N2O6/c1-5-6-11-16-34-22-20(32-3)13-12-18-17-19(24(30)28(2)21(18)22)23(29)27-26(25(31)33-4)14-9-7-8-10-15-26/h12-13,17H,5-11,14-16H2,1-4H3,(H,27,29). The monoisotopic (exact) mass is 472 g/mol. The molecule has 186 valence electrons. The predicted octanol–water partition coefficient (Wildman–Crippen LogP) is 4.11. The second-order valence-electron chi connectivity index (χ2n) is 8.95. The van der Waals surface area contributed by atoms with Gasteiger partial charge in [0, 0.05) is 12.4 Å². The highest BCUT2D eigenvalue weighted by atomic mass is 16.5. The highest BCUT2D eigenvalue weighted by molar-refractivity contribution is 6.01. The summed E-state index contributed by atoms with van der Waals surface area (Å²) < 4.78 is 18.0. The molecule has 1 N–H and O–H groups in total. The summed E-state index contributed by atoms with van der Waals surface area (Å²) in [5.41, 5.74) is -1.04. The second kappa shape index (κ2) is 11.4. The summed E-state index contributed by atoms with van der Waals surface area (Å²) in [5.74, 6) is -0.0272. The smallest absolute Gasteiger partial charge is 0.331 e. The molecular formula is C26H36N2O6. The number of fused-ring (bicyclic) bond motifs is 1. The minimum atomic E-state index is -1.12. The van der Waals surface area contributed by atoms with Crippen LogP contribution < -0.4 is 20.3 Å². The predicted molar refractivity (Wildman–Crippen MR) is 131 cm³/mol. The molecule has 0 atom stereocenters. The molecule has 1 saturated carbocycles. The van der Waals surface area contributed by atoms with Crippen LogP contribution in [0.1, 0.15) is 75.1 Å². The number of aryl methyl sites for hydroxylation is 1. The summed E-state index contributed by atoms with van der Waals surface area (Å²) in [6.07, 6.45) is 7.59. The lowest BCUT2D eigenvalue weighted by atomic mass is 9.89. The number of hydrogen-bond acceptors (Lipinski definition) is 6. The molecule has 1 aromatic carbocycles. The van der Waals surface area contributed by atoms with Crippen LogP contribution in [0.25, 0.3) is 10.9 Å². The van der Waals surface area contributed by atoms with Crippen LogP contribution in [-0.2, 0) is 16.6 Å². The van der Waals surface area contributed by atoms with E-state index in [0.717, 1.165) is 44.9 Å². The number of rotatable bonds is 9. The number of esters is 1. The summed E-state index contributed by atoms with van der Waals surface area (Å²) in [6, 6.07) is 5.13. The topological polar surface area (TPSA) is 95.9 Å². The van der Waals surface area contributed by atoms with Gasteiger partial charge in [-0.2, -0.15) is 0 Å². The molecule has 1 fully saturated rings. The van der Waals surface area contributed by atoms with E-state index in [9.17, 15) is 14.4 Å². The molecule has 2 aromatic rings. The Hall–Kier alpha value is -3.03. The fourth-order valence-electron chi connectivity index (χ4n) is 4.71. The summed E-state index contributed by atoms with van der Waals surface area (Å²) >= 11 is 0. The summed E-state index contributed by atoms with van der Waals surface area (Å²) in [6.45, 7) is 2.62. The van der Waals surface area contributed by atoms with Crippen molar-refractivity contribution in [2.75, 3.05) is 20.8 Å². The SMILES string of the molecule is CCCCCOc1c(OC)ccc2cc(C(=O)NC3(C(=O)OC)CCCCCC3)c(=O)n(C)c12. The number of pyridine rings is 1. The molecule has 0 saturated heterocycles. The van der Waals surface area contributed by atoms with Gasteiger partial charge in [0.05, 0.1) is 26.3 Å². The lowest BCUT2D eigenvalue weighted by molar-refractivity contribution is -0.148. The molecule has 8 heteroatoms. The van der Waals surface area contributed by atoms with Crippen LogP contribution in [0.3, 0.4) is 0 Å². The average molecular weight is 473 g/mol. The van der Waals surface area contributed by atoms with Crippen molar-refractivity contribution in [2.24, 2.45) is 7.05 Å². The van der Waals surface area contributed by atoms with Gasteiger partial charge in [-0.3, -0.25) is 9.59 Å². The first-order valence-corrected chi connectivity index (χ1v) is 12.1. The molecule has 1 heterocycles. The first-order valence-electron chi connectivity index (χ1n) is 12.1. The first kappa shape index (κ1) is 25.6. The van der Waals surface area contributed by atoms with E-state index in [1.165, 1.54) is 11.7 Å². The van der Waals surface area contributed by atoms with Crippen LogP contribution in [0.5, 0.6) is 11.5 Å². The zero-order valence-electron chi connectivity index (χ0n) is 20.7. The van der Waals surface area contributed by atoms with E-state index in [2.05, 4.69) is 12.2 Å². The van der Waals surface area contributed by atoms with Crippen molar-refractivity contribution in [3.63, 3.8) is 0 Å². The van der Waals surface area contributed by atoms with E-state index in [1.54, 1.807) is 32.4 Å². The van der Waals surface area contributed by atoms with Gasteiger partial charge in [0.25, 0.3) is 11.5 Å². The maximum absolute atomic E-state index is 13.3. The van der Waals surface area contributed by atoms with Crippen LogP contribution in [0.4, 0.5) is 0 Å². The number of aromatic nitrogens is 1. The van der Waals surface area contributed by atoms with Gasteiger partial charge in [-0.1, -0.05) is 45.4 Å². The molecule has 1 amide bonds. The van der Waals surface area contributed by atoms with Gasteiger partial charge in [-0.15, -0.1) is 0 Å². The van der Waals surface area contributed by atoms with Gasteiger partial charge >= 0.3 is 5.97 Å². The Labute approximate surface area is 200 Å². The third-order valence-electron chi connectivity index (χ3n) is 6.64. The zero-order chi connectivity index (χ0) is 24.7. The van der Waals surface area contributed by atoms with Crippen LogP contribution in [0.15, 0.2) is 23.0 Å². The maximum Gasteiger partial charge on any atom is 0.331 e. The molecule has 0 unspecified atom stereocenters. The van der Waals surface area contributed by atoms with Crippen LogP contribution >= 0.6 is 0 Å². The highest BCUT2D eigenvalue weighted by Crippen LogP contribution is 2.35. The van der Waals surface area contributed by atoms with Crippen LogP contribution in [0.2, 0.25) is 0 Å². The van der Waals surface area contributed by atoms with Gasteiger partial charge in [0.1, 0.15) is 11.1 Å². The highest BCUT2D eigenvalue weighted by Gasteiger charge is 2.41. The molecule has 34 heavy (non-hydrogen) atoms. The van der Waals surface area contributed by atoms with E-state index >= 15 is 0 Å². The lowest BCUT2D eigenvalue weighted by Gasteiger charge is -2.30. The van der Waals surface area contributed by atoms with E-state index in [4.69, 9.17) is 14.2 Å². The van der Waals surface area contributed by atoms with Crippen molar-refractivity contribution in [3.8, 4) is 11.5 Å². The molecule has 1 aliphatic rings. The number of nitrogens with one attached hydrogen (secondary N) is 1. The van der Waals surface area contributed by atoms with E-state index in [0.29, 0.717) is 41.9 Å². The van der Waals surface area contributed by atoms with Gasteiger partial charge in [0.2, 0.25) is 0 Å². The Morgan fingerprint density at radius 2 is 1.79 bits per heavy atom. The number of benzene rings is 1. The summed E-state index contributed by atoms with van der Waals surface area (Å²) in [7, 11) is 4.49. The number of hydrogen-bond donors (Lipinski definition) is 1. The molecular weight excluding hydrogens is 436 g/mol. The third-order valence-corrected chi connectivity index (χ3v) is 6.64. The minimum Gasteiger partial charge on any atom is -0.493 e. The first-order chi connectivity index (χ1) is 16.4.